The summed E-state index contributed by atoms with van der Waals surface area (Å²) in [7, 11) is 1.72. The first-order chi connectivity index (χ1) is 8.42. The predicted octanol–water partition coefficient (Wildman–Crippen LogP) is 2.29. The molecule has 1 aromatic carbocycles. The lowest BCUT2D eigenvalue weighted by Crippen LogP contribution is -2.43. The summed E-state index contributed by atoms with van der Waals surface area (Å²) in [5, 5.41) is 2.95. The van der Waals surface area contributed by atoms with Gasteiger partial charge in [-0.1, -0.05) is 6.07 Å². The molecule has 3 nitrogen and oxygen atoms in total. The summed E-state index contributed by atoms with van der Waals surface area (Å²) in [4.78, 5) is 12.8. The van der Waals surface area contributed by atoms with Crippen LogP contribution in [0.15, 0.2) is 18.2 Å². The Labute approximate surface area is 103 Å². The minimum absolute atomic E-state index is 0.101. The van der Waals surface area contributed by atoms with E-state index < -0.39 is 18.6 Å². The second kappa shape index (κ2) is 4.51. The van der Waals surface area contributed by atoms with E-state index in [4.69, 9.17) is 0 Å². The summed E-state index contributed by atoms with van der Waals surface area (Å²) in [6, 6.07) is 5.05. The number of carbonyl (C=O) groups is 1. The number of hydrogen-bond acceptors (Lipinski definition) is 2. The van der Waals surface area contributed by atoms with Crippen LogP contribution in [0.3, 0.4) is 0 Å². The van der Waals surface area contributed by atoms with Crippen LogP contribution >= 0.6 is 0 Å². The second-order valence-corrected chi connectivity index (χ2v) is 4.17. The summed E-state index contributed by atoms with van der Waals surface area (Å²) >= 11 is 0. The lowest BCUT2D eigenvalue weighted by Gasteiger charge is -2.30. The SMILES string of the molecule is CNc1cccc2c1CCN(CC(F)(F)F)C2=O. The maximum Gasteiger partial charge on any atom is 0.406 e. The number of anilines is 1. The smallest absolute Gasteiger partial charge is 0.388 e. The van der Waals surface area contributed by atoms with E-state index in [1.165, 1.54) is 0 Å². The fourth-order valence-electron chi connectivity index (χ4n) is 2.18. The Bertz CT molecular complexity index is 471. The Hall–Kier alpha value is -1.72. The van der Waals surface area contributed by atoms with Crippen molar-refractivity contribution < 1.29 is 18.0 Å². The van der Waals surface area contributed by atoms with Crippen molar-refractivity contribution in [2.75, 3.05) is 25.5 Å². The van der Waals surface area contributed by atoms with Crippen LogP contribution in [0.5, 0.6) is 0 Å². The van der Waals surface area contributed by atoms with Gasteiger partial charge in [0.25, 0.3) is 5.91 Å². The van der Waals surface area contributed by atoms with Crippen molar-refractivity contribution >= 4 is 11.6 Å². The Kier molecular flexibility index (Phi) is 3.19. The Morgan fingerprint density at radius 1 is 1.39 bits per heavy atom. The molecule has 98 valence electrons. The average molecular weight is 258 g/mol. The van der Waals surface area contributed by atoms with Gasteiger partial charge < -0.3 is 10.2 Å². The van der Waals surface area contributed by atoms with Gasteiger partial charge in [0.1, 0.15) is 6.54 Å². The van der Waals surface area contributed by atoms with Crippen molar-refractivity contribution in [1.29, 1.82) is 0 Å². The Morgan fingerprint density at radius 2 is 2.11 bits per heavy atom. The van der Waals surface area contributed by atoms with Crippen molar-refractivity contribution in [1.82, 2.24) is 4.90 Å². The van der Waals surface area contributed by atoms with Crippen molar-refractivity contribution in [3.8, 4) is 0 Å². The van der Waals surface area contributed by atoms with Gasteiger partial charge >= 0.3 is 6.18 Å². The number of nitrogens with one attached hydrogen (secondary N) is 1. The number of amides is 1. The van der Waals surface area contributed by atoms with Gasteiger partial charge in [0.2, 0.25) is 0 Å². The number of nitrogens with zero attached hydrogens (tertiary/aromatic N) is 1. The molecule has 6 heteroatoms. The molecule has 0 fully saturated rings. The first kappa shape index (κ1) is 12.7. The number of alkyl halides is 3. The van der Waals surface area contributed by atoms with Crippen molar-refractivity contribution in [2.24, 2.45) is 0 Å². The number of carbonyl (C=O) groups excluding carboxylic acids is 1. The van der Waals surface area contributed by atoms with Crippen molar-refractivity contribution in [3.05, 3.63) is 29.3 Å². The molecule has 1 aromatic rings. The highest BCUT2D eigenvalue weighted by atomic mass is 19.4. The average Bonchev–Trinajstić information content (AvgIpc) is 2.30. The van der Waals surface area contributed by atoms with Crippen LogP contribution in [-0.4, -0.2) is 37.1 Å². The van der Waals surface area contributed by atoms with Gasteiger partial charge in [0.15, 0.2) is 0 Å². The molecule has 1 amide bonds. The maximum atomic E-state index is 12.3. The third kappa shape index (κ3) is 2.42. The second-order valence-electron chi connectivity index (χ2n) is 4.17. The number of benzene rings is 1. The Morgan fingerprint density at radius 3 is 2.72 bits per heavy atom. The highest BCUT2D eigenvalue weighted by Gasteiger charge is 2.35. The van der Waals surface area contributed by atoms with Gasteiger partial charge in [-0.3, -0.25) is 4.79 Å². The van der Waals surface area contributed by atoms with E-state index in [0.717, 1.165) is 16.2 Å². The molecule has 0 radical (unpaired) electrons. The summed E-state index contributed by atoms with van der Waals surface area (Å²) in [6.45, 7) is -1.08. The zero-order chi connectivity index (χ0) is 13.3. The first-order valence-electron chi connectivity index (χ1n) is 5.58. The summed E-state index contributed by atoms with van der Waals surface area (Å²) in [5.41, 5.74) is 1.95. The summed E-state index contributed by atoms with van der Waals surface area (Å²) in [5.74, 6) is -0.550. The summed E-state index contributed by atoms with van der Waals surface area (Å²) in [6.07, 6.45) is -3.91. The molecule has 0 atom stereocenters. The molecular formula is C12H13F3N2O. The van der Waals surface area contributed by atoms with Crippen LogP contribution < -0.4 is 5.32 Å². The largest absolute Gasteiger partial charge is 0.406 e. The van der Waals surface area contributed by atoms with Crippen LogP contribution in [-0.2, 0) is 6.42 Å². The van der Waals surface area contributed by atoms with Crippen molar-refractivity contribution in [3.63, 3.8) is 0 Å². The van der Waals surface area contributed by atoms with Crippen LogP contribution in [0.4, 0.5) is 18.9 Å². The van der Waals surface area contributed by atoms with E-state index in [-0.39, 0.29) is 6.54 Å². The highest BCUT2D eigenvalue weighted by Crippen LogP contribution is 2.27. The third-order valence-corrected chi connectivity index (χ3v) is 2.96. The molecule has 0 bridgehead atoms. The molecule has 1 aliphatic rings. The number of halogens is 3. The molecule has 0 saturated carbocycles. The predicted molar refractivity (Wildman–Crippen MR) is 61.7 cm³/mol. The first-order valence-corrected chi connectivity index (χ1v) is 5.58. The van der Waals surface area contributed by atoms with E-state index in [1.54, 1.807) is 19.2 Å². The molecule has 0 spiro atoms. The fraction of sp³-hybridized carbons (Fsp3) is 0.417. The van der Waals surface area contributed by atoms with Crippen LogP contribution in [0, 0.1) is 0 Å². The van der Waals surface area contributed by atoms with E-state index >= 15 is 0 Å². The van der Waals surface area contributed by atoms with Gasteiger partial charge in [0, 0.05) is 24.8 Å². The fourth-order valence-corrected chi connectivity index (χ4v) is 2.18. The molecule has 0 aliphatic carbocycles. The minimum atomic E-state index is -4.35. The third-order valence-electron chi connectivity index (χ3n) is 2.96. The standard InChI is InChI=1S/C12H13F3N2O/c1-16-10-4-2-3-9-8(10)5-6-17(11(9)18)7-12(13,14)15/h2-4,16H,5-7H2,1H3. The molecule has 1 N–H and O–H groups in total. The van der Waals surface area contributed by atoms with Gasteiger partial charge in [-0.05, 0) is 24.1 Å². The highest BCUT2D eigenvalue weighted by molar-refractivity contribution is 5.98. The van der Waals surface area contributed by atoms with Gasteiger partial charge in [0.05, 0.1) is 0 Å². The lowest BCUT2D eigenvalue weighted by molar-refractivity contribution is -0.141. The van der Waals surface area contributed by atoms with Gasteiger partial charge in [-0.15, -0.1) is 0 Å². The number of rotatable bonds is 2. The lowest BCUT2D eigenvalue weighted by atomic mass is 9.97. The summed E-state index contributed by atoms with van der Waals surface area (Å²) < 4.78 is 37.0. The zero-order valence-corrected chi connectivity index (χ0v) is 9.84. The molecule has 0 saturated heterocycles. The van der Waals surface area contributed by atoms with E-state index in [9.17, 15) is 18.0 Å². The van der Waals surface area contributed by atoms with E-state index in [1.807, 2.05) is 6.07 Å². The quantitative estimate of drug-likeness (QED) is 0.882. The monoisotopic (exact) mass is 258 g/mol. The zero-order valence-electron chi connectivity index (χ0n) is 9.84. The minimum Gasteiger partial charge on any atom is -0.388 e. The van der Waals surface area contributed by atoms with Crippen LogP contribution in [0.25, 0.3) is 0 Å². The molecule has 0 unspecified atom stereocenters. The van der Waals surface area contributed by atoms with E-state index in [0.29, 0.717) is 12.0 Å². The van der Waals surface area contributed by atoms with E-state index in [2.05, 4.69) is 5.32 Å². The molecule has 2 rings (SSSR count). The maximum absolute atomic E-state index is 12.3. The van der Waals surface area contributed by atoms with Gasteiger partial charge in [-0.25, -0.2) is 0 Å². The molecule has 0 aromatic heterocycles. The molecular weight excluding hydrogens is 245 g/mol. The van der Waals surface area contributed by atoms with Crippen LogP contribution in [0.1, 0.15) is 15.9 Å². The molecule has 1 aliphatic heterocycles. The molecule has 18 heavy (non-hydrogen) atoms. The number of fused-ring (bicyclic) bond motifs is 1. The van der Waals surface area contributed by atoms with Crippen molar-refractivity contribution in [2.45, 2.75) is 12.6 Å². The number of hydrogen-bond donors (Lipinski definition) is 1. The Balaban J connectivity index is 2.29. The topological polar surface area (TPSA) is 32.3 Å². The molecule has 1 heterocycles. The van der Waals surface area contributed by atoms with Gasteiger partial charge in [-0.2, -0.15) is 13.2 Å². The van der Waals surface area contributed by atoms with Crippen LogP contribution in [0.2, 0.25) is 0 Å². The normalized spacial score (nSPS) is 15.6.